The van der Waals surface area contributed by atoms with Gasteiger partial charge in [0.05, 0.1) is 59.1 Å². The van der Waals surface area contributed by atoms with Gasteiger partial charge in [-0.1, -0.05) is 36.4 Å². The van der Waals surface area contributed by atoms with E-state index < -0.39 is 44.0 Å². The number of esters is 1. The van der Waals surface area contributed by atoms with Crippen molar-refractivity contribution in [3.63, 3.8) is 0 Å². The average molecular weight is 1150 g/mol. The number of aliphatic hydroxyl groups excluding tert-OH is 1. The van der Waals surface area contributed by atoms with Gasteiger partial charge in [0.1, 0.15) is 33.9 Å². The lowest BCUT2D eigenvalue weighted by Crippen LogP contribution is -2.23. The van der Waals surface area contributed by atoms with Gasteiger partial charge in [0, 0.05) is 98.8 Å². The number of carbonyl (C=O) groups excluding carboxylic acids is 2. The van der Waals surface area contributed by atoms with E-state index >= 15 is 0 Å². The highest BCUT2D eigenvalue weighted by molar-refractivity contribution is 9.10. The monoisotopic (exact) mass is 1150 g/mol. The highest BCUT2D eigenvalue weighted by atomic mass is 79.9. The van der Waals surface area contributed by atoms with E-state index in [0.717, 1.165) is 0 Å². The van der Waals surface area contributed by atoms with Crippen molar-refractivity contribution >= 4 is 65.3 Å². The highest BCUT2D eigenvalue weighted by Crippen LogP contribution is 2.29. The number of aromatic hydroxyl groups is 1. The Hall–Kier alpha value is -9.97. The number of phenolic OH excluding ortho intramolecular Hbond substituents is 1. The van der Waals surface area contributed by atoms with Crippen LogP contribution in [0, 0.1) is 40.5 Å². The Morgan fingerprint density at radius 1 is 0.628 bits per heavy atom. The number of nitro groups is 4. The lowest BCUT2D eigenvalue weighted by atomic mass is 10.1. The van der Waals surface area contributed by atoms with Crippen molar-refractivity contribution in [2.45, 2.75) is 83.9 Å². The van der Waals surface area contributed by atoms with Crippen molar-refractivity contribution in [3.8, 4) is 23.0 Å². The Morgan fingerprint density at radius 3 is 1.26 bits per heavy atom. The number of hydrogen-bond acceptors (Lipinski definition) is 21. The summed E-state index contributed by atoms with van der Waals surface area (Å²) in [6.07, 6.45) is -1.66. The molecule has 0 heterocycles. The SMILES string of the molecule is CC(C=O)Oc1ccc([N+](=O)[O-])cc1CN=[N+]=[N-].CC(CO)Oc1ccc([N+](=O)[O-])cc1CN=[N+]=[N-].CC(Oc1ccc([N+](=O)[O-])cc1CN=[N+]=[N-])C(=O)O.CCOC(=O)C(C)Br.[B].[N-]=[N+]=NCc1cc([N+](=O)[O-])ccc1O. The number of nitrogens with zero attached hydrogens (tertiary/aromatic N) is 16. The van der Waals surface area contributed by atoms with Crippen molar-refractivity contribution in [2.24, 2.45) is 20.5 Å². The molecule has 34 nitrogen and oxygen atoms in total. The van der Waals surface area contributed by atoms with E-state index in [-0.39, 0.29) is 103 Å². The molecule has 0 aliphatic carbocycles. The predicted molar refractivity (Wildman–Crippen MR) is 277 cm³/mol. The number of ether oxygens (including phenoxy) is 4. The summed E-state index contributed by atoms with van der Waals surface area (Å²) in [7, 11) is 0. The Kier molecular flexibility index (Phi) is 34.7. The second-order valence-electron chi connectivity index (χ2n) is 14.3. The first kappa shape index (κ1) is 70.1. The fraction of sp³-hybridized carbons (Fsp3) is 0.357. The molecule has 0 aliphatic heterocycles. The van der Waals surface area contributed by atoms with Gasteiger partial charge in [-0.3, -0.25) is 50.0 Å². The molecule has 4 unspecified atom stereocenters. The van der Waals surface area contributed by atoms with Gasteiger partial charge in [-0.15, -0.1) is 0 Å². The number of carbonyl (C=O) groups is 3. The van der Waals surface area contributed by atoms with Crippen LogP contribution in [0.5, 0.6) is 23.0 Å². The van der Waals surface area contributed by atoms with Crippen LogP contribution in [0.15, 0.2) is 93.3 Å². The molecule has 3 N–H and O–H groups in total. The van der Waals surface area contributed by atoms with Crippen molar-refractivity contribution < 1.29 is 68.3 Å². The van der Waals surface area contributed by atoms with Gasteiger partial charge in [-0.25, -0.2) is 4.79 Å². The number of carboxylic acids is 1. The second kappa shape index (κ2) is 38.6. The Morgan fingerprint density at radius 2 is 0.962 bits per heavy atom. The number of azide groups is 4. The van der Waals surface area contributed by atoms with Gasteiger partial charge in [0.25, 0.3) is 22.7 Å². The first-order valence-corrected chi connectivity index (χ1v) is 22.3. The number of non-ortho nitro benzene ring substituents is 4. The van der Waals surface area contributed by atoms with Crippen LogP contribution in [-0.2, 0) is 45.3 Å². The molecule has 0 bridgehead atoms. The number of phenols is 1. The molecule has 36 heteroatoms. The molecule has 0 saturated carbocycles. The molecule has 0 fully saturated rings. The standard InChI is InChI=1S/C10H10N4O5.C10H12N4O4.C10H10N4O4.C7H6N4O3.C5H9BrO2.B/c1-6(10(15)16)19-9-3-2-8(14(17)18)4-7(9)5-12-13-11;2*1-7(6-15)18-10-3-2-9(14(16)17)4-8(10)5-12-13-11;8-10-9-4-5-3-6(11(13)14)1-2-7(5)12;1-3-8-5(7)4(2)6;/h2-4,6H,5H2,1H3,(H,15,16);2-4,7,15H,5-6H2,1H3;2-4,6-7H,5H2,1H3;1-3,12H,4H2;4H,3H2,1-2H3;. The number of hydrogen-bond donors (Lipinski definition) is 3. The molecule has 413 valence electrons. The van der Waals surface area contributed by atoms with Crippen molar-refractivity contribution in [1.82, 2.24) is 0 Å². The summed E-state index contributed by atoms with van der Waals surface area (Å²) < 4.78 is 20.4. The van der Waals surface area contributed by atoms with Gasteiger partial charge in [0.2, 0.25) is 0 Å². The summed E-state index contributed by atoms with van der Waals surface area (Å²) >= 11 is 3.07. The number of alkyl halides is 1. The third-order valence-electron chi connectivity index (χ3n) is 8.61. The fourth-order valence-corrected chi connectivity index (χ4v) is 5.11. The first-order valence-electron chi connectivity index (χ1n) is 21.4. The van der Waals surface area contributed by atoms with E-state index in [0.29, 0.717) is 29.8 Å². The lowest BCUT2D eigenvalue weighted by molar-refractivity contribution is -0.385. The normalized spacial score (nSPS) is 10.9. The zero-order valence-electron chi connectivity index (χ0n) is 41.6. The largest absolute Gasteiger partial charge is 0.508 e. The second-order valence-corrected chi connectivity index (χ2v) is 15.7. The van der Waals surface area contributed by atoms with E-state index in [1.54, 1.807) is 20.8 Å². The molecule has 0 saturated heterocycles. The van der Waals surface area contributed by atoms with E-state index in [9.17, 15) is 59.9 Å². The molecule has 4 aromatic carbocycles. The zero-order chi connectivity index (χ0) is 58.6. The molecule has 0 aliphatic rings. The summed E-state index contributed by atoms with van der Waals surface area (Å²) in [5.41, 5.74) is 33.5. The van der Waals surface area contributed by atoms with Crippen molar-refractivity contribution in [3.05, 3.63) is 177 Å². The number of aliphatic carboxylic acids is 1. The quantitative estimate of drug-likeness (QED) is 0.00715. The van der Waals surface area contributed by atoms with Crippen LogP contribution in [0.2, 0.25) is 0 Å². The molecule has 0 amide bonds. The summed E-state index contributed by atoms with van der Waals surface area (Å²) in [6, 6.07) is 15.1. The molecule has 4 atom stereocenters. The van der Waals surface area contributed by atoms with Crippen LogP contribution in [0.25, 0.3) is 41.8 Å². The third-order valence-corrected chi connectivity index (χ3v) is 8.98. The fourth-order valence-electron chi connectivity index (χ4n) is 4.98. The average Bonchev–Trinajstić information content (AvgIpc) is 3.40. The summed E-state index contributed by atoms with van der Waals surface area (Å²) in [4.78, 5) is 81.6. The van der Waals surface area contributed by atoms with E-state index in [2.05, 4.69) is 60.8 Å². The topological polar surface area (TPSA) is 516 Å². The summed E-state index contributed by atoms with van der Waals surface area (Å²) in [5, 5.41) is 82.3. The van der Waals surface area contributed by atoms with Gasteiger partial charge >= 0.3 is 11.9 Å². The molecule has 0 spiro atoms. The van der Waals surface area contributed by atoms with Crippen LogP contribution in [0.3, 0.4) is 0 Å². The van der Waals surface area contributed by atoms with Crippen molar-refractivity contribution in [2.75, 3.05) is 13.2 Å². The minimum Gasteiger partial charge on any atom is -0.508 e. The predicted octanol–water partition coefficient (Wildman–Crippen LogP) is 9.86. The Labute approximate surface area is 450 Å². The lowest BCUT2D eigenvalue weighted by Gasteiger charge is -2.14. The van der Waals surface area contributed by atoms with Crippen LogP contribution in [0.4, 0.5) is 22.7 Å². The molecular weight excluding hydrogens is 1110 g/mol. The van der Waals surface area contributed by atoms with Crippen LogP contribution < -0.4 is 14.2 Å². The van der Waals surface area contributed by atoms with E-state index in [1.807, 2.05) is 0 Å². The minimum atomic E-state index is -1.17. The highest BCUT2D eigenvalue weighted by Gasteiger charge is 2.18. The van der Waals surface area contributed by atoms with Gasteiger partial charge in [-0.2, -0.15) is 0 Å². The molecule has 4 aromatic rings. The Bertz CT molecular complexity index is 2900. The maximum Gasteiger partial charge on any atom is 0.344 e. The van der Waals surface area contributed by atoms with Gasteiger partial charge in [0.15, 0.2) is 18.5 Å². The van der Waals surface area contributed by atoms with Crippen LogP contribution >= 0.6 is 15.9 Å². The number of benzene rings is 4. The first-order chi connectivity index (χ1) is 36.4. The van der Waals surface area contributed by atoms with E-state index in [1.165, 1.54) is 86.6 Å². The molecular formula is C42H47BBrN16O18. The van der Waals surface area contributed by atoms with Crippen LogP contribution in [0.1, 0.15) is 56.9 Å². The molecule has 3 radical (unpaired) electrons. The van der Waals surface area contributed by atoms with Gasteiger partial charge in [-0.05, 0) is 81.0 Å². The Balaban J connectivity index is 0. The number of aldehydes is 1. The molecule has 78 heavy (non-hydrogen) atoms. The maximum absolute atomic E-state index is 10.7. The van der Waals surface area contributed by atoms with Gasteiger partial charge < -0.3 is 34.3 Å². The minimum absolute atomic E-state index is 0. The van der Waals surface area contributed by atoms with Crippen molar-refractivity contribution in [1.29, 1.82) is 0 Å². The van der Waals surface area contributed by atoms with Crippen LogP contribution in [-0.4, -0.2) is 98.0 Å². The third kappa shape index (κ3) is 27.4. The van der Waals surface area contributed by atoms with E-state index in [4.69, 9.17) is 46.5 Å². The number of halogens is 1. The molecule has 0 aromatic heterocycles. The summed E-state index contributed by atoms with van der Waals surface area (Å²) in [5.74, 6) is -0.723. The molecule has 4 rings (SSSR count). The number of rotatable bonds is 23. The number of aliphatic hydroxyl groups is 1. The smallest absolute Gasteiger partial charge is 0.344 e. The number of nitro benzene ring substituents is 4. The zero-order valence-corrected chi connectivity index (χ0v) is 43.2. The maximum atomic E-state index is 10.7. The number of carboxylic acid groups (broad SMARTS) is 1. The summed E-state index contributed by atoms with van der Waals surface area (Å²) in [6.45, 7) is 7.89.